The van der Waals surface area contributed by atoms with Crippen LogP contribution in [0.4, 0.5) is 5.69 Å². The molecule has 0 unspecified atom stereocenters. The van der Waals surface area contributed by atoms with Crippen molar-refractivity contribution in [2.24, 2.45) is 5.92 Å². The maximum Gasteiger partial charge on any atom is 0.173 e. The Balaban J connectivity index is 2.63. The molecule has 88 valence electrons. The van der Waals surface area contributed by atoms with Crippen LogP contribution in [0.2, 0.25) is 0 Å². The van der Waals surface area contributed by atoms with Crippen LogP contribution in [0.25, 0.3) is 0 Å². The first-order valence-electron chi connectivity index (χ1n) is 5.59. The number of hydrogen-bond donors (Lipinski definition) is 1. The lowest BCUT2D eigenvalue weighted by Gasteiger charge is -2.22. The molecule has 0 fully saturated rings. The molecule has 0 aliphatic heterocycles. The zero-order chi connectivity index (χ0) is 12.1. The molecule has 0 aromatic heterocycles. The molecule has 0 amide bonds. The van der Waals surface area contributed by atoms with Crippen molar-refractivity contribution in [3.8, 4) is 0 Å². The number of benzene rings is 1. The summed E-state index contributed by atoms with van der Waals surface area (Å²) in [6.07, 6.45) is 0. The minimum atomic E-state index is 0.601. The number of rotatable bonds is 3. The SMILES string of the molecule is Cc1cccc(N(C)C(=S)NCC(C)C)c1. The molecule has 0 heterocycles. The van der Waals surface area contributed by atoms with Crippen molar-refractivity contribution >= 4 is 23.0 Å². The van der Waals surface area contributed by atoms with Crippen molar-refractivity contribution < 1.29 is 0 Å². The highest BCUT2D eigenvalue weighted by Gasteiger charge is 2.06. The number of hydrogen-bond acceptors (Lipinski definition) is 1. The Hall–Kier alpha value is -1.09. The summed E-state index contributed by atoms with van der Waals surface area (Å²) < 4.78 is 0. The smallest absolute Gasteiger partial charge is 0.173 e. The second-order valence-corrected chi connectivity index (χ2v) is 4.86. The quantitative estimate of drug-likeness (QED) is 0.812. The van der Waals surface area contributed by atoms with E-state index in [-0.39, 0.29) is 0 Å². The van der Waals surface area contributed by atoms with Gasteiger partial charge in [-0.15, -0.1) is 0 Å². The van der Waals surface area contributed by atoms with Gasteiger partial charge in [0, 0.05) is 19.3 Å². The monoisotopic (exact) mass is 236 g/mol. The van der Waals surface area contributed by atoms with Crippen molar-refractivity contribution in [1.82, 2.24) is 5.32 Å². The number of nitrogens with zero attached hydrogens (tertiary/aromatic N) is 1. The summed E-state index contributed by atoms with van der Waals surface area (Å²) in [5, 5.41) is 4.03. The summed E-state index contributed by atoms with van der Waals surface area (Å²) in [4.78, 5) is 2.00. The van der Waals surface area contributed by atoms with E-state index in [9.17, 15) is 0 Å². The minimum Gasteiger partial charge on any atom is -0.362 e. The van der Waals surface area contributed by atoms with Crippen molar-refractivity contribution in [2.45, 2.75) is 20.8 Å². The van der Waals surface area contributed by atoms with Crippen LogP contribution in [0.15, 0.2) is 24.3 Å². The van der Waals surface area contributed by atoms with Gasteiger partial charge >= 0.3 is 0 Å². The van der Waals surface area contributed by atoms with Gasteiger partial charge in [-0.1, -0.05) is 26.0 Å². The second kappa shape index (κ2) is 5.85. The fourth-order valence-corrected chi connectivity index (χ4v) is 1.55. The van der Waals surface area contributed by atoms with Gasteiger partial charge in [0.25, 0.3) is 0 Å². The van der Waals surface area contributed by atoms with Crippen molar-refractivity contribution in [3.05, 3.63) is 29.8 Å². The predicted octanol–water partition coefficient (Wildman–Crippen LogP) is 2.96. The first kappa shape index (κ1) is 13.0. The van der Waals surface area contributed by atoms with Gasteiger partial charge in [-0.2, -0.15) is 0 Å². The molecule has 0 aliphatic carbocycles. The van der Waals surface area contributed by atoms with Gasteiger partial charge < -0.3 is 10.2 Å². The molecule has 0 saturated carbocycles. The average Bonchev–Trinajstić information content (AvgIpc) is 2.24. The van der Waals surface area contributed by atoms with E-state index < -0.39 is 0 Å². The summed E-state index contributed by atoms with van der Waals surface area (Å²) in [5.41, 5.74) is 2.37. The molecule has 0 bridgehead atoms. The molecule has 1 N–H and O–H groups in total. The number of thiocarbonyl (C=S) groups is 1. The minimum absolute atomic E-state index is 0.601. The second-order valence-electron chi connectivity index (χ2n) is 4.48. The lowest BCUT2D eigenvalue weighted by atomic mass is 10.2. The predicted molar refractivity (Wildman–Crippen MR) is 75.0 cm³/mol. The zero-order valence-electron chi connectivity index (χ0n) is 10.4. The third kappa shape index (κ3) is 3.81. The van der Waals surface area contributed by atoms with Gasteiger partial charge in [-0.3, -0.25) is 0 Å². The van der Waals surface area contributed by atoms with E-state index in [1.807, 2.05) is 18.0 Å². The van der Waals surface area contributed by atoms with Crippen molar-refractivity contribution in [1.29, 1.82) is 0 Å². The van der Waals surface area contributed by atoms with E-state index in [0.29, 0.717) is 5.92 Å². The molecule has 1 aromatic rings. The van der Waals surface area contributed by atoms with E-state index in [0.717, 1.165) is 17.3 Å². The lowest BCUT2D eigenvalue weighted by molar-refractivity contribution is 0.625. The van der Waals surface area contributed by atoms with Crippen LogP contribution in [-0.2, 0) is 0 Å². The van der Waals surface area contributed by atoms with Gasteiger partial charge in [0.05, 0.1) is 0 Å². The lowest BCUT2D eigenvalue weighted by Crippen LogP contribution is -2.38. The number of aryl methyl sites for hydroxylation is 1. The Morgan fingerprint density at radius 1 is 1.44 bits per heavy atom. The van der Waals surface area contributed by atoms with Crippen LogP contribution >= 0.6 is 12.2 Å². The molecule has 0 atom stereocenters. The highest BCUT2D eigenvalue weighted by Crippen LogP contribution is 2.14. The van der Waals surface area contributed by atoms with E-state index in [2.05, 4.69) is 44.3 Å². The fourth-order valence-electron chi connectivity index (χ4n) is 1.36. The van der Waals surface area contributed by atoms with Crippen LogP contribution in [0.1, 0.15) is 19.4 Å². The molecule has 2 nitrogen and oxygen atoms in total. The standard InChI is InChI=1S/C13H20N2S/c1-10(2)9-14-13(16)15(4)12-7-5-6-11(3)8-12/h5-8,10H,9H2,1-4H3,(H,14,16). The number of anilines is 1. The summed E-state index contributed by atoms with van der Waals surface area (Å²) in [5.74, 6) is 0.601. The zero-order valence-corrected chi connectivity index (χ0v) is 11.3. The third-order valence-electron chi connectivity index (χ3n) is 2.36. The van der Waals surface area contributed by atoms with Crippen molar-refractivity contribution in [2.75, 3.05) is 18.5 Å². The molecule has 16 heavy (non-hydrogen) atoms. The number of nitrogens with one attached hydrogen (secondary N) is 1. The maximum absolute atomic E-state index is 5.34. The first-order valence-corrected chi connectivity index (χ1v) is 5.99. The fraction of sp³-hybridized carbons (Fsp3) is 0.462. The molecule has 0 radical (unpaired) electrons. The third-order valence-corrected chi connectivity index (χ3v) is 2.77. The highest BCUT2D eigenvalue weighted by atomic mass is 32.1. The first-order chi connectivity index (χ1) is 7.50. The molecule has 0 spiro atoms. The molecule has 1 aromatic carbocycles. The van der Waals surface area contributed by atoms with Gasteiger partial charge in [0.1, 0.15) is 0 Å². The summed E-state index contributed by atoms with van der Waals surface area (Å²) in [7, 11) is 1.99. The van der Waals surface area contributed by atoms with Gasteiger partial charge in [0.2, 0.25) is 0 Å². The van der Waals surface area contributed by atoms with Gasteiger partial charge in [0.15, 0.2) is 5.11 Å². The van der Waals surface area contributed by atoms with Crippen LogP contribution in [0.5, 0.6) is 0 Å². The topological polar surface area (TPSA) is 15.3 Å². The Bertz CT molecular complexity index is 361. The summed E-state index contributed by atoms with van der Waals surface area (Å²) in [6, 6.07) is 8.33. The highest BCUT2D eigenvalue weighted by molar-refractivity contribution is 7.80. The van der Waals surface area contributed by atoms with Crippen LogP contribution in [0.3, 0.4) is 0 Å². The molecule has 0 saturated heterocycles. The van der Waals surface area contributed by atoms with E-state index >= 15 is 0 Å². The molecular formula is C13H20N2S. The van der Waals surface area contributed by atoms with Gasteiger partial charge in [-0.25, -0.2) is 0 Å². The maximum atomic E-state index is 5.34. The van der Waals surface area contributed by atoms with Crippen LogP contribution < -0.4 is 10.2 Å². The van der Waals surface area contributed by atoms with Crippen LogP contribution in [0, 0.1) is 12.8 Å². The van der Waals surface area contributed by atoms with Crippen LogP contribution in [-0.4, -0.2) is 18.7 Å². The van der Waals surface area contributed by atoms with Gasteiger partial charge in [-0.05, 0) is 42.8 Å². The van der Waals surface area contributed by atoms with Crippen molar-refractivity contribution in [3.63, 3.8) is 0 Å². The van der Waals surface area contributed by atoms with E-state index in [1.54, 1.807) is 0 Å². The normalized spacial score (nSPS) is 10.3. The summed E-state index contributed by atoms with van der Waals surface area (Å²) >= 11 is 5.34. The molecular weight excluding hydrogens is 216 g/mol. The Morgan fingerprint density at radius 3 is 2.69 bits per heavy atom. The Labute approximate surface area is 104 Å². The molecule has 1 rings (SSSR count). The van der Waals surface area contributed by atoms with E-state index in [4.69, 9.17) is 12.2 Å². The Morgan fingerprint density at radius 2 is 2.12 bits per heavy atom. The average molecular weight is 236 g/mol. The van der Waals surface area contributed by atoms with E-state index in [1.165, 1.54) is 5.56 Å². The molecule has 0 aliphatic rings. The Kier molecular flexibility index (Phi) is 4.74. The molecule has 3 heteroatoms. The largest absolute Gasteiger partial charge is 0.362 e. The summed E-state index contributed by atoms with van der Waals surface area (Å²) in [6.45, 7) is 7.33.